The Morgan fingerprint density at radius 2 is 1.12 bits per heavy atom. The third-order valence-corrected chi connectivity index (χ3v) is 12.3. The number of carbonyl (C=O) groups is 1. The monoisotopic (exact) mass is 276 g/mol. The summed E-state index contributed by atoms with van der Waals surface area (Å²) in [5.41, 5.74) is 0. The van der Waals surface area contributed by atoms with Crippen molar-refractivity contribution in [2.45, 2.75) is 64.1 Å². The Kier molecular flexibility index (Phi) is 4.81. The molecule has 0 unspecified atom stereocenters. The largest absolute Gasteiger partial charge is 0.520 e. The van der Waals surface area contributed by atoms with Gasteiger partial charge in [0.1, 0.15) is 0 Å². The highest BCUT2D eigenvalue weighted by molar-refractivity contribution is 7.00. The fourth-order valence-corrected chi connectivity index (χ4v) is 15.2. The minimum atomic E-state index is -1.75. The van der Waals surface area contributed by atoms with E-state index in [2.05, 4.69) is 58.9 Å². The topological polar surface area (TPSA) is 26.3 Å². The highest BCUT2D eigenvalue weighted by Gasteiger charge is 2.44. The van der Waals surface area contributed by atoms with Gasteiger partial charge in [-0.25, -0.2) is 0 Å². The zero-order chi connectivity index (χ0) is 13.4. The van der Waals surface area contributed by atoms with Crippen molar-refractivity contribution in [3.8, 4) is 0 Å². The van der Waals surface area contributed by atoms with Gasteiger partial charge in [-0.3, -0.25) is 4.79 Å². The summed E-state index contributed by atoms with van der Waals surface area (Å²) in [6.45, 7) is 19.9. The van der Waals surface area contributed by atoms with Gasteiger partial charge in [0.25, 0.3) is 5.97 Å². The molecule has 0 aromatic rings. The van der Waals surface area contributed by atoms with Gasteiger partial charge in [0.05, 0.1) is 16.1 Å². The maximum absolute atomic E-state index is 12.3. The lowest BCUT2D eigenvalue weighted by Gasteiger charge is -2.37. The molecule has 0 rings (SSSR count). The first-order chi connectivity index (χ1) is 6.75. The molecular formula is C11H28O2Si3. The summed E-state index contributed by atoms with van der Waals surface area (Å²) in [6, 6.07) is 0. The molecule has 0 aromatic heterocycles. The number of carbonyl (C=O) groups excluding carboxylic acids is 1. The average molecular weight is 277 g/mol. The van der Waals surface area contributed by atoms with Crippen LogP contribution in [0.25, 0.3) is 0 Å². The van der Waals surface area contributed by atoms with Crippen molar-refractivity contribution in [3.05, 3.63) is 0 Å². The zero-order valence-electron chi connectivity index (χ0n) is 12.4. The second-order valence-corrected chi connectivity index (χ2v) is 23.3. The molecule has 0 amide bonds. The predicted molar refractivity (Wildman–Crippen MR) is 79.9 cm³/mol. The van der Waals surface area contributed by atoms with Crippen LogP contribution >= 0.6 is 0 Å². The molecule has 0 aromatic carbocycles. The van der Waals surface area contributed by atoms with Crippen LogP contribution in [0.15, 0.2) is 0 Å². The normalized spacial score (nSPS) is 14.1. The van der Waals surface area contributed by atoms with E-state index in [-0.39, 0.29) is 11.1 Å². The molecule has 0 aliphatic carbocycles. The van der Waals surface area contributed by atoms with Crippen LogP contribution in [0.5, 0.6) is 0 Å². The molecule has 0 bridgehead atoms. The van der Waals surface area contributed by atoms with E-state index in [0.29, 0.717) is 0 Å². The van der Waals surface area contributed by atoms with Crippen molar-refractivity contribution < 1.29 is 9.22 Å². The molecule has 0 radical (unpaired) electrons. The van der Waals surface area contributed by atoms with Crippen LogP contribution in [-0.2, 0) is 9.22 Å². The molecular weight excluding hydrogens is 248 g/mol. The van der Waals surface area contributed by atoms with Gasteiger partial charge in [0.15, 0.2) is 0 Å². The van der Waals surface area contributed by atoms with E-state index in [9.17, 15) is 4.79 Å². The molecule has 96 valence electrons. The summed E-state index contributed by atoms with van der Waals surface area (Å²) < 4.78 is 5.72. The second-order valence-electron chi connectivity index (χ2n) is 7.70. The lowest BCUT2D eigenvalue weighted by molar-refractivity contribution is -0.133. The highest BCUT2D eigenvalue weighted by atomic mass is 28.4. The molecule has 0 saturated carbocycles. The lowest BCUT2D eigenvalue weighted by atomic mass is 10.8. The van der Waals surface area contributed by atoms with E-state index in [1.165, 1.54) is 0 Å². The molecule has 0 atom stereocenters. The van der Waals surface area contributed by atoms with Crippen molar-refractivity contribution >= 4 is 30.4 Å². The van der Waals surface area contributed by atoms with Crippen molar-refractivity contribution in [1.29, 1.82) is 0 Å². The third kappa shape index (κ3) is 5.45. The number of hydrogen-bond donors (Lipinski definition) is 0. The first-order valence-electron chi connectivity index (χ1n) is 5.98. The smallest absolute Gasteiger partial charge is 0.290 e. The molecule has 0 spiro atoms. The van der Waals surface area contributed by atoms with Crippen LogP contribution in [0.4, 0.5) is 0 Å². The number of hydrogen-bond acceptors (Lipinski definition) is 2. The molecule has 0 aliphatic heterocycles. The fourth-order valence-electron chi connectivity index (χ4n) is 2.37. The molecule has 0 heterocycles. The molecule has 0 fully saturated rings. The Bertz CT molecular complexity index is 242. The summed E-state index contributed by atoms with van der Waals surface area (Å²) in [4.78, 5) is 12.3. The fraction of sp³-hybridized carbons (Fsp3) is 0.909. The predicted octanol–water partition coefficient (Wildman–Crippen LogP) is 3.95. The van der Waals surface area contributed by atoms with E-state index in [1.54, 1.807) is 0 Å². The van der Waals surface area contributed by atoms with Gasteiger partial charge in [0, 0.05) is 5.16 Å². The minimum absolute atomic E-state index is 0.0949. The average Bonchev–Trinajstić information content (AvgIpc) is 1.70. The summed E-state index contributed by atoms with van der Waals surface area (Å²) in [6.07, 6.45) is 0. The molecule has 0 aliphatic rings. The van der Waals surface area contributed by atoms with Crippen molar-refractivity contribution in [3.63, 3.8) is 0 Å². The van der Waals surface area contributed by atoms with Crippen molar-refractivity contribution in [2.75, 3.05) is 0 Å². The van der Waals surface area contributed by atoms with Gasteiger partial charge >= 0.3 is 0 Å². The molecule has 0 saturated heterocycles. The Balaban J connectivity index is 5.03. The maximum Gasteiger partial charge on any atom is 0.290 e. The van der Waals surface area contributed by atoms with Crippen LogP contribution < -0.4 is 0 Å². The van der Waals surface area contributed by atoms with Crippen LogP contribution in [0, 0.1) is 0 Å². The highest BCUT2D eigenvalue weighted by Crippen LogP contribution is 2.34. The third-order valence-electron chi connectivity index (χ3n) is 2.37. The first-order valence-corrected chi connectivity index (χ1v) is 16.5. The molecule has 5 heteroatoms. The molecule has 0 N–H and O–H groups in total. The van der Waals surface area contributed by atoms with Crippen LogP contribution in [-0.4, -0.2) is 30.4 Å². The van der Waals surface area contributed by atoms with E-state index in [1.807, 2.05) is 0 Å². The summed E-state index contributed by atoms with van der Waals surface area (Å²) in [5.74, 6) is 0.0949. The number of rotatable bonds is 4. The summed E-state index contributed by atoms with van der Waals surface area (Å²) in [5, 5.41) is 0.215. The van der Waals surface area contributed by atoms with E-state index >= 15 is 0 Å². The van der Waals surface area contributed by atoms with Crippen molar-refractivity contribution in [1.82, 2.24) is 0 Å². The van der Waals surface area contributed by atoms with Gasteiger partial charge in [-0.2, -0.15) is 0 Å². The quantitative estimate of drug-likeness (QED) is 0.727. The SMILES string of the molecule is C[Si](C)(C)OC(=O)C([Si](C)(C)C)[Si](C)(C)C. The Labute approximate surface area is 104 Å². The van der Waals surface area contributed by atoms with E-state index < -0.39 is 24.5 Å². The Morgan fingerprint density at radius 1 is 0.812 bits per heavy atom. The standard InChI is InChI=1S/C11H28O2Si3/c1-14(2,3)11(15(4,5)6)10(12)13-16(7,8)9/h11H,1-9H3. The summed E-state index contributed by atoms with van der Waals surface area (Å²) >= 11 is 0. The first kappa shape index (κ1) is 16.1. The van der Waals surface area contributed by atoms with Crippen LogP contribution in [0.2, 0.25) is 64.1 Å². The second kappa shape index (κ2) is 4.78. The molecule has 2 nitrogen and oxygen atoms in total. The summed E-state index contributed by atoms with van der Waals surface area (Å²) in [7, 11) is -4.70. The Morgan fingerprint density at radius 3 is 1.31 bits per heavy atom. The van der Waals surface area contributed by atoms with Crippen LogP contribution in [0.1, 0.15) is 0 Å². The maximum atomic E-state index is 12.3. The lowest BCUT2D eigenvalue weighted by Crippen LogP contribution is -2.50. The van der Waals surface area contributed by atoms with Gasteiger partial charge in [-0.05, 0) is 19.6 Å². The van der Waals surface area contributed by atoms with Crippen molar-refractivity contribution in [2.24, 2.45) is 0 Å². The minimum Gasteiger partial charge on any atom is -0.520 e. The van der Waals surface area contributed by atoms with E-state index in [4.69, 9.17) is 4.43 Å². The van der Waals surface area contributed by atoms with Gasteiger partial charge < -0.3 is 4.43 Å². The molecule has 16 heavy (non-hydrogen) atoms. The Hall–Kier alpha value is 0.121. The van der Waals surface area contributed by atoms with E-state index in [0.717, 1.165) is 0 Å². The van der Waals surface area contributed by atoms with Gasteiger partial charge in [-0.15, -0.1) is 0 Å². The van der Waals surface area contributed by atoms with Gasteiger partial charge in [0.2, 0.25) is 8.32 Å². The van der Waals surface area contributed by atoms with Crippen LogP contribution in [0.3, 0.4) is 0 Å². The van der Waals surface area contributed by atoms with Gasteiger partial charge in [-0.1, -0.05) is 39.3 Å². The zero-order valence-corrected chi connectivity index (χ0v) is 15.4.